The number of nitrogens with zero attached hydrogens (tertiary/aromatic N) is 1. The van der Waals surface area contributed by atoms with Crippen molar-refractivity contribution in [1.29, 1.82) is 0 Å². The maximum atomic E-state index is 6.02. The predicted octanol–water partition coefficient (Wildman–Crippen LogP) is 5.51. The van der Waals surface area contributed by atoms with Gasteiger partial charge >= 0.3 is 0 Å². The van der Waals surface area contributed by atoms with Gasteiger partial charge in [0.15, 0.2) is 5.76 Å². The Kier molecular flexibility index (Phi) is 4.11. The highest BCUT2D eigenvalue weighted by Gasteiger charge is 2.17. The van der Waals surface area contributed by atoms with Crippen molar-refractivity contribution in [1.82, 2.24) is 4.98 Å². The Morgan fingerprint density at radius 3 is 2.00 bits per heavy atom. The summed E-state index contributed by atoms with van der Waals surface area (Å²) < 4.78 is 6.02. The van der Waals surface area contributed by atoms with E-state index >= 15 is 0 Å². The molecule has 3 aromatic rings. The van der Waals surface area contributed by atoms with Gasteiger partial charge in [-0.25, -0.2) is 4.98 Å². The van der Waals surface area contributed by atoms with Crippen LogP contribution in [-0.2, 0) is 0 Å². The van der Waals surface area contributed by atoms with Gasteiger partial charge in [-0.2, -0.15) is 0 Å². The second kappa shape index (κ2) is 6.19. The summed E-state index contributed by atoms with van der Waals surface area (Å²) in [5, 5.41) is 1.17. The van der Waals surface area contributed by atoms with Gasteiger partial charge in [0.1, 0.15) is 5.69 Å². The molecule has 0 N–H and O–H groups in total. The van der Waals surface area contributed by atoms with E-state index in [1.54, 1.807) is 11.8 Å². The Morgan fingerprint density at radius 2 is 1.43 bits per heavy atom. The molecule has 21 heavy (non-hydrogen) atoms. The number of thioether (sulfide) groups is 1. The second-order valence-corrected chi connectivity index (χ2v) is 6.58. The van der Waals surface area contributed by atoms with E-state index in [9.17, 15) is 0 Å². The molecule has 0 saturated carbocycles. The molecule has 0 radical (unpaired) electrons. The smallest absolute Gasteiger partial charge is 0.257 e. The Bertz CT molecular complexity index is 648. The number of oxazole rings is 1. The topological polar surface area (TPSA) is 26.0 Å². The molecule has 0 fully saturated rings. The molecule has 2 aromatic carbocycles. The molecule has 2 nitrogen and oxygen atoms in total. The van der Waals surface area contributed by atoms with Crippen LogP contribution in [0.25, 0.3) is 22.6 Å². The molecule has 3 heteroatoms. The van der Waals surface area contributed by atoms with Crippen molar-refractivity contribution in [3.8, 4) is 22.6 Å². The van der Waals surface area contributed by atoms with Crippen LogP contribution in [0.5, 0.6) is 0 Å². The summed E-state index contributed by atoms with van der Waals surface area (Å²) in [7, 11) is 0. The summed E-state index contributed by atoms with van der Waals surface area (Å²) >= 11 is 1.64. The third-order valence-corrected chi connectivity index (χ3v) is 3.87. The van der Waals surface area contributed by atoms with Crippen molar-refractivity contribution in [3.63, 3.8) is 0 Å². The fourth-order valence-electron chi connectivity index (χ4n) is 2.13. The number of rotatable bonds is 4. The lowest BCUT2D eigenvalue weighted by Gasteiger charge is -2.00. The highest BCUT2D eigenvalue weighted by molar-refractivity contribution is 7.99. The molecule has 0 unspecified atom stereocenters. The van der Waals surface area contributed by atoms with Crippen LogP contribution < -0.4 is 0 Å². The number of hydrogen-bond acceptors (Lipinski definition) is 3. The highest BCUT2D eigenvalue weighted by atomic mass is 32.2. The molecule has 106 valence electrons. The van der Waals surface area contributed by atoms with E-state index in [2.05, 4.69) is 38.1 Å². The molecule has 1 heterocycles. The van der Waals surface area contributed by atoms with Gasteiger partial charge in [0.25, 0.3) is 5.22 Å². The standard InChI is InChI=1S/C18H17NOS/c1-13(2)21-18-19-16(14-9-5-3-6-10-14)17(20-18)15-11-7-4-8-12-15/h3-13H,1-2H3. The van der Waals surface area contributed by atoms with Crippen LogP contribution in [0.15, 0.2) is 70.3 Å². The second-order valence-electron chi connectivity index (χ2n) is 5.06. The summed E-state index contributed by atoms with van der Waals surface area (Å²) in [5.74, 6) is 0.838. The lowest BCUT2D eigenvalue weighted by atomic mass is 10.1. The minimum Gasteiger partial charge on any atom is -0.431 e. The van der Waals surface area contributed by atoms with Crippen molar-refractivity contribution < 1.29 is 4.42 Å². The van der Waals surface area contributed by atoms with Crippen LogP contribution in [0.1, 0.15) is 13.8 Å². The first kappa shape index (κ1) is 14.0. The molecular weight excluding hydrogens is 278 g/mol. The molecule has 0 saturated heterocycles. The molecule has 0 aliphatic heterocycles. The number of aromatic nitrogens is 1. The van der Waals surface area contributed by atoms with E-state index in [1.807, 2.05) is 36.4 Å². The van der Waals surface area contributed by atoms with Crippen LogP contribution in [0.3, 0.4) is 0 Å². The van der Waals surface area contributed by atoms with Crippen LogP contribution in [0.4, 0.5) is 0 Å². The van der Waals surface area contributed by atoms with E-state index < -0.39 is 0 Å². The molecule has 0 spiro atoms. The fraction of sp³-hybridized carbons (Fsp3) is 0.167. The summed E-state index contributed by atoms with van der Waals surface area (Å²) in [6, 6.07) is 20.3. The van der Waals surface area contributed by atoms with Gasteiger partial charge in [-0.15, -0.1) is 0 Å². The van der Waals surface area contributed by atoms with Crippen molar-refractivity contribution in [2.24, 2.45) is 0 Å². The van der Waals surface area contributed by atoms with E-state index in [-0.39, 0.29) is 0 Å². The highest BCUT2D eigenvalue weighted by Crippen LogP contribution is 2.36. The zero-order chi connectivity index (χ0) is 14.7. The fourth-order valence-corrected chi connectivity index (χ4v) is 2.81. The summed E-state index contributed by atoms with van der Waals surface area (Å²) in [6.45, 7) is 4.28. The van der Waals surface area contributed by atoms with E-state index in [0.717, 1.165) is 27.8 Å². The lowest BCUT2D eigenvalue weighted by molar-refractivity contribution is 0.465. The Hall–Kier alpha value is -2.00. The average Bonchev–Trinajstić information content (AvgIpc) is 2.92. The Morgan fingerprint density at radius 1 is 0.857 bits per heavy atom. The van der Waals surface area contributed by atoms with Gasteiger partial charge in [-0.1, -0.05) is 86.3 Å². The van der Waals surface area contributed by atoms with Crippen molar-refractivity contribution in [3.05, 3.63) is 60.7 Å². The molecule has 0 aliphatic rings. The summed E-state index contributed by atoms with van der Waals surface area (Å²) in [4.78, 5) is 4.69. The first-order valence-corrected chi connectivity index (χ1v) is 7.90. The Labute approximate surface area is 129 Å². The summed E-state index contributed by atoms with van der Waals surface area (Å²) in [6.07, 6.45) is 0. The largest absolute Gasteiger partial charge is 0.431 e. The molecular formula is C18H17NOS. The zero-order valence-corrected chi connectivity index (χ0v) is 12.9. The lowest BCUT2D eigenvalue weighted by Crippen LogP contribution is -1.85. The van der Waals surface area contributed by atoms with Gasteiger partial charge in [0.05, 0.1) is 0 Å². The number of benzene rings is 2. The normalized spacial score (nSPS) is 11.0. The molecule has 1 aromatic heterocycles. The van der Waals surface area contributed by atoms with Crippen LogP contribution >= 0.6 is 11.8 Å². The Balaban J connectivity index is 2.11. The molecule has 0 aliphatic carbocycles. The van der Waals surface area contributed by atoms with E-state index in [1.165, 1.54) is 0 Å². The van der Waals surface area contributed by atoms with Gasteiger partial charge < -0.3 is 4.42 Å². The van der Waals surface area contributed by atoms with Crippen LogP contribution in [-0.4, -0.2) is 10.2 Å². The maximum absolute atomic E-state index is 6.02. The minimum absolute atomic E-state index is 0.441. The van der Waals surface area contributed by atoms with E-state index in [4.69, 9.17) is 9.40 Å². The monoisotopic (exact) mass is 295 g/mol. The van der Waals surface area contributed by atoms with Crippen molar-refractivity contribution in [2.45, 2.75) is 24.3 Å². The zero-order valence-electron chi connectivity index (χ0n) is 12.1. The molecule has 0 bridgehead atoms. The molecule has 3 rings (SSSR count). The first-order valence-electron chi connectivity index (χ1n) is 7.02. The van der Waals surface area contributed by atoms with Crippen LogP contribution in [0.2, 0.25) is 0 Å². The quantitative estimate of drug-likeness (QED) is 0.594. The maximum Gasteiger partial charge on any atom is 0.257 e. The molecule has 0 amide bonds. The first-order chi connectivity index (χ1) is 10.2. The third-order valence-electron chi connectivity index (χ3n) is 3.03. The van der Waals surface area contributed by atoms with Crippen molar-refractivity contribution >= 4 is 11.8 Å². The van der Waals surface area contributed by atoms with Gasteiger partial charge in [-0.3, -0.25) is 0 Å². The third kappa shape index (κ3) is 3.19. The average molecular weight is 295 g/mol. The molecule has 0 atom stereocenters. The minimum atomic E-state index is 0.441. The predicted molar refractivity (Wildman–Crippen MR) is 88.4 cm³/mol. The van der Waals surface area contributed by atoms with Gasteiger partial charge in [-0.05, 0) is 0 Å². The van der Waals surface area contributed by atoms with Crippen molar-refractivity contribution in [2.75, 3.05) is 0 Å². The summed E-state index contributed by atoms with van der Waals surface area (Å²) in [5.41, 5.74) is 3.04. The van der Waals surface area contributed by atoms with E-state index in [0.29, 0.717) is 5.25 Å². The number of hydrogen-bond donors (Lipinski definition) is 0. The SMILES string of the molecule is CC(C)Sc1nc(-c2ccccc2)c(-c2ccccc2)o1. The van der Waals surface area contributed by atoms with Gasteiger partial charge in [0.2, 0.25) is 0 Å². The van der Waals surface area contributed by atoms with Crippen LogP contribution in [0, 0.1) is 0 Å². The van der Waals surface area contributed by atoms with Gasteiger partial charge in [0, 0.05) is 16.4 Å².